The molecule has 4 nitrogen and oxygen atoms in total. The van der Waals surface area contributed by atoms with Gasteiger partial charge in [0, 0.05) is 5.03 Å². The number of hydrogen-bond donors (Lipinski definition) is 2. The van der Waals surface area contributed by atoms with E-state index in [0.29, 0.717) is 5.03 Å². The Bertz CT molecular complexity index is 958. The van der Waals surface area contributed by atoms with E-state index in [9.17, 15) is 35.9 Å². The molecule has 1 aliphatic rings. The third-order valence-corrected chi connectivity index (χ3v) is 5.94. The first-order valence-electron chi connectivity index (χ1n) is 9.60. The Balaban J connectivity index is 2.40. The van der Waals surface area contributed by atoms with Crippen LogP contribution in [0, 0.1) is 17.8 Å². The third kappa shape index (κ3) is 7.14. The number of alkyl halides is 6. The highest BCUT2D eigenvalue weighted by molar-refractivity contribution is 6.33. The molecule has 0 aromatic heterocycles. The molecule has 0 heterocycles. The van der Waals surface area contributed by atoms with Crippen molar-refractivity contribution in [2.24, 2.45) is 17.8 Å². The summed E-state index contributed by atoms with van der Waals surface area (Å²) in [6.45, 7) is 0.836. The first-order chi connectivity index (χ1) is 15.1. The molecule has 1 aromatic carbocycles. The van der Waals surface area contributed by atoms with E-state index < -0.39 is 59.9 Å². The van der Waals surface area contributed by atoms with Crippen LogP contribution in [0.2, 0.25) is 5.02 Å². The van der Waals surface area contributed by atoms with Gasteiger partial charge in [0.1, 0.15) is 0 Å². The van der Waals surface area contributed by atoms with Gasteiger partial charge in [-0.25, -0.2) is 0 Å². The molecular formula is C21H19Cl2F6NO3. The van der Waals surface area contributed by atoms with Crippen LogP contribution in [-0.4, -0.2) is 29.3 Å². The van der Waals surface area contributed by atoms with E-state index in [0.717, 1.165) is 25.1 Å². The van der Waals surface area contributed by atoms with Gasteiger partial charge in [-0.05, 0) is 36.1 Å². The molecule has 0 aliphatic heterocycles. The van der Waals surface area contributed by atoms with Crippen molar-refractivity contribution in [3.05, 3.63) is 52.0 Å². The molecule has 1 aliphatic carbocycles. The van der Waals surface area contributed by atoms with Crippen molar-refractivity contribution in [3.63, 3.8) is 0 Å². The molecule has 33 heavy (non-hydrogen) atoms. The predicted octanol–water partition coefficient (Wildman–Crippen LogP) is 6.91. The molecule has 2 N–H and O–H groups in total. The van der Waals surface area contributed by atoms with Crippen LogP contribution in [0.3, 0.4) is 0 Å². The summed E-state index contributed by atoms with van der Waals surface area (Å²) in [6.07, 6.45) is -6.66. The number of carboxylic acids is 1. The average molecular weight is 518 g/mol. The summed E-state index contributed by atoms with van der Waals surface area (Å²) in [6, 6.07) is 2.79. The Labute approximate surface area is 195 Å². The lowest BCUT2D eigenvalue weighted by molar-refractivity contribution is -0.188. The monoisotopic (exact) mass is 517 g/mol. The lowest BCUT2D eigenvalue weighted by Gasteiger charge is -2.31. The first-order valence-corrected chi connectivity index (χ1v) is 10.4. The first kappa shape index (κ1) is 27.0. The van der Waals surface area contributed by atoms with Crippen LogP contribution in [0.4, 0.5) is 32.0 Å². The normalized spacial score (nSPS) is 19.4. The molecule has 0 saturated carbocycles. The second-order valence-electron chi connectivity index (χ2n) is 7.62. The highest BCUT2D eigenvalue weighted by Crippen LogP contribution is 2.42. The Morgan fingerprint density at radius 2 is 1.79 bits per heavy atom. The molecule has 0 spiro atoms. The molecule has 0 radical (unpaired) electrons. The number of nitrogens with one attached hydrogen (secondary N) is 1. The van der Waals surface area contributed by atoms with Gasteiger partial charge in [0.25, 0.3) is 0 Å². The molecule has 2 rings (SSSR count). The second-order valence-corrected chi connectivity index (χ2v) is 8.47. The van der Waals surface area contributed by atoms with Crippen LogP contribution in [0.1, 0.15) is 31.2 Å². The van der Waals surface area contributed by atoms with Gasteiger partial charge >= 0.3 is 18.3 Å². The lowest BCUT2D eigenvalue weighted by Crippen LogP contribution is -2.40. The van der Waals surface area contributed by atoms with Crippen LogP contribution < -0.4 is 5.32 Å². The zero-order valence-electron chi connectivity index (χ0n) is 17.0. The summed E-state index contributed by atoms with van der Waals surface area (Å²) in [5, 5.41) is 11.1. The molecule has 4 atom stereocenters. The highest BCUT2D eigenvalue weighted by atomic mass is 35.5. The number of allylic oxidation sites excluding steroid dienone is 4. The summed E-state index contributed by atoms with van der Waals surface area (Å²) in [5.41, 5.74) is -0.858. The van der Waals surface area contributed by atoms with E-state index >= 15 is 0 Å². The fourth-order valence-corrected chi connectivity index (χ4v) is 3.87. The van der Waals surface area contributed by atoms with E-state index in [1.54, 1.807) is 0 Å². The van der Waals surface area contributed by atoms with Gasteiger partial charge in [-0.15, -0.1) is 0 Å². The van der Waals surface area contributed by atoms with Crippen molar-refractivity contribution in [1.82, 2.24) is 0 Å². The van der Waals surface area contributed by atoms with Crippen LogP contribution >= 0.6 is 23.2 Å². The van der Waals surface area contributed by atoms with Gasteiger partial charge in [-0.3, -0.25) is 9.59 Å². The van der Waals surface area contributed by atoms with Crippen molar-refractivity contribution in [3.8, 4) is 0 Å². The van der Waals surface area contributed by atoms with E-state index in [4.69, 9.17) is 28.3 Å². The predicted molar refractivity (Wildman–Crippen MR) is 111 cm³/mol. The number of carboxylic acid groups (broad SMARTS) is 1. The summed E-state index contributed by atoms with van der Waals surface area (Å²) < 4.78 is 80.5. The SMILES string of the molecule is C[C@H]([C@H](C(=O)Nc1cc(C(CC(=O)O)C(F)(F)F)ccc1Cl)C1C=CC(Cl)=CC1)C(F)(F)F. The van der Waals surface area contributed by atoms with Crippen molar-refractivity contribution in [2.45, 2.75) is 38.0 Å². The number of hydrogen-bond acceptors (Lipinski definition) is 2. The summed E-state index contributed by atoms with van der Waals surface area (Å²) in [7, 11) is 0. The second kappa shape index (κ2) is 10.4. The van der Waals surface area contributed by atoms with Crippen molar-refractivity contribution < 1.29 is 41.0 Å². The topological polar surface area (TPSA) is 66.4 Å². The van der Waals surface area contributed by atoms with E-state index in [1.165, 1.54) is 18.2 Å². The van der Waals surface area contributed by atoms with Gasteiger partial charge in [0.2, 0.25) is 5.91 Å². The molecule has 1 aromatic rings. The number of carbonyl (C=O) groups is 2. The molecule has 0 fully saturated rings. The lowest BCUT2D eigenvalue weighted by atomic mass is 9.78. The summed E-state index contributed by atoms with van der Waals surface area (Å²) in [4.78, 5) is 23.8. The van der Waals surface area contributed by atoms with E-state index in [-0.39, 0.29) is 17.1 Å². The van der Waals surface area contributed by atoms with Gasteiger partial charge in [-0.2, -0.15) is 26.3 Å². The molecule has 2 unspecified atom stereocenters. The Morgan fingerprint density at radius 1 is 1.15 bits per heavy atom. The van der Waals surface area contributed by atoms with E-state index in [1.807, 2.05) is 0 Å². The number of carbonyl (C=O) groups excluding carboxylic acids is 1. The van der Waals surface area contributed by atoms with Gasteiger partial charge in [0.15, 0.2) is 0 Å². The maximum Gasteiger partial charge on any atom is 0.396 e. The largest absolute Gasteiger partial charge is 0.481 e. The smallest absolute Gasteiger partial charge is 0.396 e. The number of benzene rings is 1. The number of amides is 1. The van der Waals surface area contributed by atoms with Gasteiger partial charge in [-0.1, -0.05) is 48.3 Å². The third-order valence-electron chi connectivity index (χ3n) is 5.33. The van der Waals surface area contributed by atoms with Crippen molar-refractivity contribution in [1.29, 1.82) is 0 Å². The van der Waals surface area contributed by atoms with E-state index in [2.05, 4.69) is 5.32 Å². The maximum atomic E-state index is 13.5. The van der Waals surface area contributed by atoms with Gasteiger partial charge < -0.3 is 10.4 Å². The molecule has 0 saturated heterocycles. The minimum absolute atomic E-state index is 0.0520. The van der Waals surface area contributed by atoms with Crippen LogP contribution in [0.25, 0.3) is 0 Å². The van der Waals surface area contributed by atoms with Crippen molar-refractivity contribution in [2.75, 3.05) is 5.32 Å². The van der Waals surface area contributed by atoms with Gasteiger partial charge in [0.05, 0.1) is 34.9 Å². The molecular weight excluding hydrogens is 499 g/mol. The Kier molecular flexibility index (Phi) is 8.51. The maximum absolute atomic E-state index is 13.5. The number of rotatable bonds is 7. The molecule has 1 amide bonds. The number of halogens is 8. The highest BCUT2D eigenvalue weighted by Gasteiger charge is 2.47. The van der Waals surface area contributed by atoms with Crippen LogP contribution in [0.5, 0.6) is 0 Å². The zero-order chi connectivity index (χ0) is 25.1. The summed E-state index contributed by atoms with van der Waals surface area (Å²) in [5.74, 6) is -9.79. The number of aliphatic carboxylic acids is 1. The van der Waals surface area contributed by atoms with Crippen molar-refractivity contribution >= 4 is 40.8 Å². The fraction of sp³-hybridized carbons (Fsp3) is 0.429. The van der Waals surface area contributed by atoms with Crippen LogP contribution in [-0.2, 0) is 9.59 Å². The average Bonchev–Trinajstić information content (AvgIpc) is 2.68. The summed E-state index contributed by atoms with van der Waals surface area (Å²) >= 11 is 11.8. The standard InChI is InChI=1S/C21H19Cl2F6NO3/c1-10(20(24,25)26)18(11-2-5-13(22)6-3-11)19(33)30-16-8-12(4-7-15(16)23)14(9-17(31)32)21(27,28)29/h2,4-8,10-11,14,18H,3,9H2,1H3,(H,30,33)(H,31,32)/t10-,11?,14?,18+/m1/s1. The Hall–Kier alpha value is -2.20. The molecule has 182 valence electrons. The number of anilines is 1. The minimum Gasteiger partial charge on any atom is -0.481 e. The molecule has 0 bridgehead atoms. The Morgan fingerprint density at radius 3 is 2.27 bits per heavy atom. The minimum atomic E-state index is -4.92. The quantitative estimate of drug-likeness (QED) is 0.386. The fourth-order valence-electron chi connectivity index (χ4n) is 3.54. The zero-order valence-corrected chi connectivity index (χ0v) is 18.5. The molecule has 12 heteroatoms. The van der Waals surface area contributed by atoms with Crippen LogP contribution in [0.15, 0.2) is 41.5 Å².